The molecule has 2 atom stereocenters. The number of ether oxygens (including phenoxy) is 1. The summed E-state index contributed by atoms with van der Waals surface area (Å²) in [5, 5.41) is 13.2. The zero-order chi connectivity index (χ0) is 13.7. The van der Waals surface area contributed by atoms with Crippen LogP contribution in [0.1, 0.15) is 64.7 Å². The summed E-state index contributed by atoms with van der Waals surface area (Å²) in [6.07, 6.45) is 9.30. The molecule has 1 saturated carbocycles. The van der Waals surface area contributed by atoms with Gasteiger partial charge in [0.15, 0.2) is 0 Å². The normalized spacial score (nSPS) is 33.2. The molecule has 0 aromatic carbocycles. The van der Waals surface area contributed by atoms with Crippen molar-refractivity contribution in [1.29, 1.82) is 0 Å². The molecule has 2 N–H and O–H groups in total. The smallest absolute Gasteiger partial charge is 0.324 e. The predicted octanol–water partition coefficient (Wildman–Crippen LogP) is 2.71. The lowest BCUT2D eigenvalue weighted by Gasteiger charge is -2.41. The number of rotatable bonds is 5. The number of hydrogen-bond acceptors (Lipinski definition) is 3. The predicted molar refractivity (Wildman–Crippen MR) is 74.3 cm³/mol. The van der Waals surface area contributed by atoms with Crippen molar-refractivity contribution in [2.24, 2.45) is 0 Å². The molecule has 1 aliphatic carbocycles. The molecule has 0 amide bonds. The molecule has 2 rings (SSSR count). The van der Waals surface area contributed by atoms with E-state index >= 15 is 0 Å². The molecule has 2 fully saturated rings. The summed E-state index contributed by atoms with van der Waals surface area (Å²) in [4.78, 5) is 11.8. The van der Waals surface area contributed by atoms with E-state index in [-0.39, 0.29) is 6.10 Å². The lowest BCUT2D eigenvalue weighted by Crippen LogP contribution is -2.60. The maximum absolute atomic E-state index is 11.8. The quantitative estimate of drug-likeness (QED) is 0.805. The van der Waals surface area contributed by atoms with Crippen LogP contribution in [0.25, 0.3) is 0 Å². The minimum absolute atomic E-state index is 0.103. The third-order valence-corrected chi connectivity index (χ3v) is 4.56. The summed E-state index contributed by atoms with van der Waals surface area (Å²) in [5.41, 5.74) is -0.750. The van der Waals surface area contributed by atoms with Crippen molar-refractivity contribution in [3.8, 4) is 0 Å². The minimum Gasteiger partial charge on any atom is -0.480 e. The Morgan fingerprint density at radius 2 is 2.11 bits per heavy atom. The average Bonchev–Trinajstić information content (AvgIpc) is 2.40. The molecule has 1 heterocycles. The largest absolute Gasteiger partial charge is 0.480 e. The first-order chi connectivity index (χ1) is 9.16. The van der Waals surface area contributed by atoms with E-state index < -0.39 is 11.5 Å². The number of carboxylic acid groups (broad SMARTS) is 1. The first kappa shape index (κ1) is 14.8. The molecule has 1 aliphatic heterocycles. The van der Waals surface area contributed by atoms with Crippen molar-refractivity contribution in [2.75, 3.05) is 6.61 Å². The molecule has 2 aliphatic rings. The number of nitrogens with one attached hydrogen (secondary N) is 1. The minimum atomic E-state index is -0.750. The Bertz CT molecular complexity index is 300. The number of hydrogen-bond donors (Lipinski definition) is 2. The van der Waals surface area contributed by atoms with Crippen LogP contribution in [0.15, 0.2) is 0 Å². The second-order valence-electron chi connectivity index (χ2n) is 6.10. The van der Waals surface area contributed by atoms with E-state index in [1.165, 1.54) is 19.3 Å². The fourth-order valence-electron chi connectivity index (χ4n) is 3.48. The van der Waals surface area contributed by atoms with E-state index in [1.54, 1.807) is 0 Å². The van der Waals surface area contributed by atoms with Gasteiger partial charge in [-0.1, -0.05) is 32.6 Å². The van der Waals surface area contributed by atoms with Gasteiger partial charge in [0.05, 0.1) is 6.10 Å². The van der Waals surface area contributed by atoms with Crippen LogP contribution in [0.4, 0.5) is 0 Å². The summed E-state index contributed by atoms with van der Waals surface area (Å²) in [7, 11) is 0. The zero-order valence-electron chi connectivity index (χ0n) is 12.0. The van der Waals surface area contributed by atoms with Crippen molar-refractivity contribution < 1.29 is 14.6 Å². The molecule has 2 unspecified atom stereocenters. The third-order valence-electron chi connectivity index (χ3n) is 4.56. The fraction of sp³-hybridized carbons (Fsp3) is 0.933. The summed E-state index contributed by atoms with van der Waals surface area (Å²) < 4.78 is 5.71. The van der Waals surface area contributed by atoms with Gasteiger partial charge in [0, 0.05) is 19.1 Å². The van der Waals surface area contributed by atoms with Gasteiger partial charge < -0.3 is 9.84 Å². The second kappa shape index (κ2) is 6.71. The summed E-state index contributed by atoms with van der Waals surface area (Å²) in [6.45, 7) is 2.69. The molecular weight excluding hydrogens is 242 g/mol. The number of carboxylic acids is 1. The first-order valence-electron chi connectivity index (χ1n) is 7.79. The third kappa shape index (κ3) is 3.69. The standard InChI is InChI=1S/C15H27NO3/c1-2-6-13-11-15(14(17)18,9-10-19-13)16-12-7-4-3-5-8-12/h12-13,16H,2-11H2,1H3,(H,17,18). The van der Waals surface area contributed by atoms with Gasteiger partial charge >= 0.3 is 5.97 Å². The molecule has 0 bridgehead atoms. The van der Waals surface area contributed by atoms with E-state index in [0.717, 1.165) is 25.7 Å². The maximum atomic E-state index is 11.8. The van der Waals surface area contributed by atoms with Crippen molar-refractivity contribution in [2.45, 2.75) is 82.4 Å². The Hall–Kier alpha value is -0.610. The van der Waals surface area contributed by atoms with Crippen LogP contribution in [-0.4, -0.2) is 35.4 Å². The lowest BCUT2D eigenvalue weighted by atomic mass is 9.83. The van der Waals surface area contributed by atoms with Crippen LogP contribution in [0.5, 0.6) is 0 Å². The highest BCUT2D eigenvalue weighted by Crippen LogP contribution is 2.30. The van der Waals surface area contributed by atoms with E-state index in [9.17, 15) is 9.90 Å². The van der Waals surface area contributed by atoms with Gasteiger partial charge in [-0.3, -0.25) is 10.1 Å². The molecule has 4 heteroatoms. The molecule has 1 saturated heterocycles. The second-order valence-corrected chi connectivity index (χ2v) is 6.10. The Labute approximate surface area is 115 Å². The Kier molecular flexibility index (Phi) is 5.22. The van der Waals surface area contributed by atoms with Crippen LogP contribution in [-0.2, 0) is 9.53 Å². The van der Waals surface area contributed by atoms with Crippen LogP contribution in [0.2, 0.25) is 0 Å². The van der Waals surface area contributed by atoms with Crippen LogP contribution >= 0.6 is 0 Å². The van der Waals surface area contributed by atoms with Gasteiger partial charge in [-0.2, -0.15) is 0 Å². The van der Waals surface area contributed by atoms with Crippen LogP contribution < -0.4 is 5.32 Å². The van der Waals surface area contributed by atoms with Crippen molar-refractivity contribution >= 4 is 5.97 Å². The van der Waals surface area contributed by atoms with Crippen molar-refractivity contribution in [3.05, 3.63) is 0 Å². The Morgan fingerprint density at radius 1 is 1.37 bits per heavy atom. The SMILES string of the molecule is CCCC1CC(NC2CCCCC2)(C(=O)O)CCO1. The molecular formula is C15H27NO3. The van der Waals surface area contributed by atoms with Gasteiger partial charge in [-0.25, -0.2) is 0 Å². The summed E-state index contributed by atoms with van der Waals surface area (Å²) in [5.74, 6) is -0.692. The first-order valence-corrected chi connectivity index (χ1v) is 7.79. The van der Waals surface area contributed by atoms with Gasteiger partial charge in [0.2, 0.25) is 0 Å². The van der Waals surface area contributed by atoms with Gasteiger partial charge in [-0.15, -0.1) is 0 Å². The van der Waals surface area contributed by atoms with E-state index in [2.05, 4.69) is 12.2 Å². The van der Waals surface area contributed by atoms with E-state index in [4.69, 9.17) is 4.74 Å². The molecule has 110 valence electrons. The molecule has 0 aromatic rings. The lowest BCUT2D eigenvalue weighted by molar-refractivity contribution is -0.153. The number of aliphatic carboxylic acids is 1. The van der Waals surface area contributed by atoms with Gasteiger partial charge in [0.25, 0.3) is 0 Å². The van der Waals surface area contributed by atoms with E-state index in [0.29, 0.717) is 25.5 Å². The number of carbonyl (C=O) groups is 1. The average molecular weight is 269 g/mol. The highest BCUT2D eigenvalue weighted by Gasteiger charge is 2.44. The topological polar surface area (TPSA) is 58.6 Å². The van der Waals surface area contributed by atoms with Crippen LogP contribution in [0, 0.1) is 0 Å². The maximum Gasteiger partial charge on any atom is 0.324 e. The summed E-state index contributed by atoms with van der Waals surface area (Å²) >= 11 is 0. The summed E-state index contributed by atoms with van der Waals surface area (Å²) in [6, 6.07) is 0.380. The van der Waals surface area contributed by atoms with Crippen molar-refractivity contribution in [1.82, 2.24) is 5.32 Å². The zero-order valence-corrected chi connectivity index (χ0v) is 12.0. The Balaban J connectivity index is 2.01. The van der Waals surface area contributed by atoms with Gasteiger partial charge in [0.1, 0.15) is 5.54 Å². The molecule has 0 spiro atoms. The fourth-order valence-corrected chi connectivity index (χ4v) is 3.48. The molecule has 0 aromatic heterocycles. The Morgan fingerprint density at radius 3 is 2.74 bits per heavy atom. The molecule has 19 heavy (non-hydrogen) atoms. The monoisotopic (exact) mass is 269 g/mol. The van der Waals surface area contributed by atoms with Gasteiger partial charge in [-0.05, 0) is 25.7 Å². The highest BCUT2D eigenvalue weighted by molar-refractivity contribution is 5.79. The highest BCUT2D eigenvalue weighted by atomic mass is 16.5. The van der Waals surface area contributed by atoms with Crippen molar-refractivity contribution in [3.63, 3.8) is 0 Å². The van der Waals surface area contributed by atoms with E-state index in [1.807, 2.05) is 0 Å². The van der Waals surface area contributed by atoms with Crippen LogP contribution in [0.3, 0.4) is 0 Å². The molecule has 0 radical (unpaired) electrons. The molecule has 4 nitrogen and oxygen atoms in total.